The predicted octanol–water partition coefficient (Wildman–Crippen LogP) is 5.08. The van der Waals surface area contributed by atoms with Crippen molar-refractivity contribution in [2.75, 3.05) is 5.32 Å². The summed E-state index contributed by atoms with van der Waals surface area (Å²) in [5.74, 6) is 0. The van der Waals surface area contributed by atoms with Gasteiger partial charge in [0.1, 0.15) is 0 Å². The monoisotopic (exact) mass is 442 g/mol. The fraction of sp³-hybridized carbons (Fsp3) is 0.182. The summed E-state index contributed by atoms with van der Waals surface area (Å²) in [6, 6.07) is 4.13. The minimum atomic E-state index is 0.587. The molecule has 1 N–H and O–H groups in total. The molecule has 1 aromatic carbocycles. The van der Waals surface area contributed by atoms with Gasteiger partial charge in [-0.3, -0.25) is 0 Å². The third-order valence-electron chi connectivity index (χ3n) is 2.30. The van der Waals surface area contributed by atoms with E-state index >= 15 is 0 Å². The molecule has 2 aromatic rings. The van der Waals surface area contributed by atoms with Crippen LogP contribution in [-0.2, 0) is 6.54 Å². The molecule has 6 heteroatoms. The maximum absolute atomic E-state index is 5.79. The number of nitrogens with zero attached hydrogens (tertiary/aromatic N) is 1. The normalized spacial score (nSPS) is 10.6. The lowest BCUT2D eigenvalue weighted by atomic mass is 10.2. The number of hydrogen-bond acceptors (Lipinski definition) is 3. The highest BCUT2D eigenvalue weighted by Crippen LogP contribution is 2.28. The molecule has 1 aromatic heterocycles. The molecule has 0 aliphatic rings. The largest absolute Gasteiger partial charge is 0.379 e. The Morgan fingerprint density at radius 1 is 1.53 bits per heavy atom. The Kier molecular flexibility index (Phi) is 4.68. The quantitative estimate of drug-likeness (QED) is 0.669. The summed E-state index contributed by atoms with van der Waals surface area (Å²) in [5.41, 5.74) is 2.38. The summed E-state index contributed by atoms with van der Waals surface area (Å²) in [5, 5.41) is 3.39. The van der Waals surface area contributed by atoms with Crippen LogP contribution in [0, 0.1) is 10.5 Å². The standard InChI is InChI=1S/C11H9BrClIN2S/c1-6-8(12)2-3-9(10(6)14)15-4-7-5-16-11(13)17-7/h2-3,5,15H,4H2,1H3. The number of anilines is 1. The molecule has 2 rings (SSSR count). The lowest BCUT2D eigenvalue weighted by Gasteiger charge is -2.10. The van der Waals surface area contributed by atoms with E-state index in [1.54, 1.807) is 6.20 Å². The van der Waals surface area contributed by atoms with E-state index in [0.717, 1.165) is 21.6 Å². The Morgan fingerprint density at radius 3 is 2.94 bits per heavy atom. The van der Waals surface area contributed by atoms with Gasteiger partial charge in [-0.2, -0.15) is 0 Å². The second-order valence-corrected chi connectivity index (χ2v) is 7.10. The smallest absolute Gasteiger partial charge is 0.183 e. The van der Waals surface area contributed by atoms with Crippen LogP contribution in [0.1, 0.15) is 10.4 Å². The van der Waals surface area contributed by atoms with Gasteiger partial charge in [-0.05, 0) is 47.2 Å². The molecule has 0 radical (unpaired) electrons. The molecular weight excluding hydrogens is 434 g/mol. The highest BCUT2D eigenvalue weighted by molar-refractivity contribution is 14.1. The molecule has 0 fully saturated rings. The van der Waals surface area contributed by atoms with Gasteiger partial charge < -0.3 is 5.32 Å². The number of aromatic nitrogens is 1. The molecule has 1 heterocycles. The van der Waals surface area contributed by atoms with E-state index in [1.807, 2.05) is 0 Å². The van der Waals surface area contributed by atoms with Crippen LogP contribution in [0.4, 0.5) is 5.69 Å². The van der Waals surface area contributed by atoms with E-state index in [1.165, 1.54) is 20.5 Å². The van der Waals surface area contributed by atoms with E-state index in [4.69, 9.17) is 11.6 Å². The number of hydrogen-bond donors (Lipinski definition) is 1. The van der Waals surface area contributed by atoms with Gasteiger partial charge in [0.15, 0.2) is 4.47 Å². The van der Waals surface area contributed by atoms with Crippen molar-refractivity contribution >= 4 is 67.1 Å². The Labute approximate surface area is 131 Å². The lowest BCUT2D eigenvalue weighted by molar-refractivity contribution is 1.16. The van der Waals surface area contributed by atoms with E-state index < -0.39 is 0 Å². The van der Waals surface area contributed by atoms with E-state index in [-0.39, 0.29) is 0 Å². The fourth-order valence-corrected chi connectivity index (χ4v) is 3.63. The summed E-state index contributed by atoms with van der Waals surface area (Å²) in [6.45, 7) is 2.85. The number of rotatable bonds is 3. The maximum atomic E-state index is 5.79. The second kappa shape index (κ2) is 5.86. The van der Waals surface area contributed by atoms with Crippen LogP contribution in [-0.4, -0.2) is 4.98 Å². The first-order chi connectivity index (χ1) is 8.08. The fourth-order valence-electron chi connectivity index (χ4n) is 1.35. The number of benzene rings is 1. The van der Waals surface area contributed by atoms with Gasteiger partial charge in [-0.15, -0.1) is 11.3 Å². The molecule has 0 unspecified atom stereocenters. The average Bonchev–Trinajstić information content (AvgIpc) is 2.71. The second-order valence-electron chi connectivity index (χ2n) is 3.47. The molecule has 0 aliphatic heterocycles. The SMILES string of the molecule is Cc1c(Br)ccc(NCc2cnc(Cl)s2)c1I. The van der Waals surface area contributed by atoms with Crippen LogP contribution < -0.4 is 5.32 Å². The Balaban J connectivity index is 2.12. The van der Waals surface area contributed by atoms with Gasteiger partial charge in [0, 0.05) is 24.8 Å². The zero-order valence-electron chi connectivity index (χ0n) is 8.93. The van der Waals surface area contributed by atoms with E-state index in [9.17, 15) is 0 Å². The topological polar surface area (TPSA) is 24.9 Å². The Bertz CT molecular complexity index is 544. The van der Waals surface area contributed by atoms with Gasteiger partial charge in [-0.1, -0.05) is 27.5 Å². The van der Waals surface area contributed by atoms with Crippen LogP contribution in [0.3, 0.4) is 0 Å². The van der Waals surface area contributed by atoms with Crippen molar-refractivity contribution in [3.63, 3.8) is 0 Å². The molecule has 2 nitrogen and oxygen atoms in total. The number of thiazole rings is 1. The first kappa shape index (κ1) is 13.6. The molecule has 0 saturated heterocycles. The third kappa shape index (κ3) is 3.33. The van der Waals surface area contributed by atoms with Gasteiger partial charge in [0.2, 0.25) is 0 Å². The van der Waals surface area contributed by atoms with Crippen LogP contribution in [0.25, 0.3) is 0 Å². The minimum Gasteiger partial charge on any atom is -0.379 e. The first-order valence-corrected chi connectivity index (χ1v) is 7.93. The van der Waals surface area contributed by atoms with Crippen LogP contribution >= 0.6 is 61.5 Å². The molecule has 17 heavy (non-hydrogen) atoms. The van der Waals surface area contributed by atoms with Crippen molar-refractivity contribution in [3.05, 3.63) is 41.3 Å². The molecule has 0 saturated carbocycles. The van der Waals surface area contributed by atoms with Crippen LogP contribution in [0.15, 0.2) is 22.8 Å². The Morgan fingerprint density at radius 2 is 2.29 bits per heavy atom. The zero-order chi connectivity index (χ0) is 12.4. The lowest BCUT2D eigenvalue weighted by Crippen LogP contribution is -2.00. The Hall–Kier alpha value is 0.150. The van der Waals surface area contributed by atoms with Gasteiger partial charge >= 0.3 is 0 Å². The number of halogens is 3. The summed E-state index contributed by atoms with van der Waals surface area (Å²) >= 11 is 13.2. The van der Waals surface area contributed by atoms with Crippen molar-refractivity contribution in [2.45, 2.75) is 13.5 Å². The summed E-state index contributed by atoms with van der Waals surface area (Å²) < 4.78 is 2.95. The first-order valence-electron chi connectivity index (χ1n) is 4.86. The van der Waals surface area contributed by atoms with Crippen molar-refractivity contribution in [2.24, 2.45) is 0 Å². The molecular formula is C11H9BrClIN2S. The summed E-state index contributed by atoms with van der Waals surface area (Å²) in [7, 11) is 0. The predicted molar refractivity (Wildman–Crippen MR) is 86.0 cm³/mol. The highest BCUT2D eigenvalue weighted by Gasteiger charge is 2.06. The highest BCUT2D eigenvalue weighted by atomic mass is 127. The van der Waals surface area contributed by atoms with Gasteiger partial charge in [0.25, 0.3) is 0 Å². The third-order valence-corrected chi connectivity index (χ3v) is 5.66. The van der Waals surface area contributed by atoms with E-state index in [2.05, 4.69) is 67.9 Å². The molecule has 0 bridgehead atoms. The number of nitrogens with one attached hydrogen (secondary N) is 1. The van der Waals surface area contributed by atoms with E-state index in [0.29, 0.717) is 4.47 Å². The van der Waals surface area contributed by atoms with Crippen molar-refractivity contribution < 1.29 is 0 Å². The molecule has 0 amide bonds. The molecule has 90 valence electrons. The maximum Gasteiger partial charge on any atom is 0.183 e. The minimum absolute atomic E-state index is 0.587. The van der Waals surface area contributed by atoms with Crippen molar-refractivity contribution in [1.29, 1.82) is 0 Å². The molecule has 0 atom stereocenters. The van der Waals surface area contributed by atoms with Crippen LogP contribution in [0.5, 0.6) is 0 Å². The van der Waals surface area contributed by atoms with Crippen molar-refractivity contribution in [3.8, 4) is 0 Å². The summed E-state index contributed by atoms with van der Waals surface area (Å²) in [4.78, 5) is 5.15. The summed E-state index contributed by atoms with van der Waals surface area (Å²) in [6.07, 6.45) is 1.80. The van der Waals surface area contributed by atoms with Crippen molar-refractivity contribution in [1.82, 2.24) is 4.98 Å². The molecule has 0 spiro atoms. The zero-order valence-corrected chi connectivity index (χ0v) is 14.2. The average molecular weight is 444 g/mol. The van der Waals surface area contributed by atoms with Gasteiger partial charge in [-0.25, -0.2) is 4.98 Å². The van der Waals surface area contributed by atoms with Crippen LogP contribution in [0.2, 0.25) is 4.47 Å². The van der Waals surface area contributed by atoms with Gasteiger partial charge in [0.05, 0.1) is 6.54 Å². The molecule has 0 aliphatic carbocycles.